The van der Waals surface area contributed by atoms with Crippen LogP contribution in [0.3, 0.4) is 0 Å². The van der Waals surface area contributed by atoms with Gasteiger partial charge in [0.25, 0.3) is 0 Å². The molecule has 0 aliphatic heterocycles. The van der Waals surface area contributed by atoms with Gasteiger partial charge in [-0.1, -0.05) is 18.9 Å². The van der Waals surface area contributed by atoms with Gasteiger partial charge in [0.1, 0.15) is 0 Å². The lowest BCUT2D eigenvalue weighted by atomic mass is 10.1. The average molecular weight is 311 g/mol. The van der Waals surface area contributed by atoms with E-state index in [0.29, 0.717) is 0 Å². The molecule has 1 aliphatic rings. The van der Waals surface area contributed by atoms with E-state index in [2.05, 4.69) is 46.1 Å². The Balaban J connectivity index is 2.07. The minimum atomic E-state index is 0.0930. The Morgan fingerprint density at radius 1 is 1.39 bits per heavy atom. The van der Waals surface area contributed by atoms with Crippen molar-refractivity contribution in [2.75, 3.05) is 18.5 Å². The number of halogens is 1. The molecule has 0 unspecified atom stereocenters. The number of hydrogen-bond donors (Lipinski definition) is 1. The zero-order valence-corrected chi connectivity index (χ0v) is 12.9. The van der Waals surface area contributed by atoms with E-state index in [9.17, 15) is 0 Å². The standard InChI is InChI=1S/C15H23BrN2/c1-11(17)13-7-8-15(14(16)9-13)18(2)10-12-5-3-4-6-12/h7-9,11-12H,3-6,10,17H2,1-2H3/t11-/m1/s1. The fraction of sp³-hybridized carbons (Fsp3) is 0.600. The van der Waals surface area contributed by atoms with Crippen LogP contribution in [0.25, 0.3) is 0 Å². The van der Waals surface area contributed by atoms with E-state index in [1.807, 2.05) is 6.92 Å². The Hall–Kier alpha value is -0.540. The minimum absolute atomic E-state index is 0.0930. The van der Waals surface area contributed by atoms with Gasteiger partial charge in [-0.2, -0.15) is 0 Å². The molecule has 2 N–H and O–H groups in total. The van der Waals surface area contributed by atoms with E-state index in [1.165, 1.54) is 36.9 Å². The molecule has 0 radical (unpaired) electrons. The predicted molar refractivity (Wildman–Crippen MR) is 82.0 cm³/mol. The molecule has 2 rings (SSSR count). The van der Waals surface area contributed by atoms with Crippen LogP contribution in [0.1, 0.15) is 44.2 Å². The third kappa shape index (κ3) is 3.27. The molecule has 1 aliphatic carbocycles. The van der Waals surface area contributed by atoms with Gasteiger partial charge in [-0.15, -0.1) is 0 Å². The van der Waals surface area contributed by atoms with Gasteiger partial charge in [0, 0.05) is 24.1 Å². The van der Waals surface area contributed by atoms with E-state index >= 15 is 0 Å². The lowest BCUT2D eigenvalue weighted by Crippen LogP contribution is -2.24. The SMILES string of the molecule is C[C@@H](N)c1ccc(N(C)CC2CCCC2)c(Br)c1. The summed E-state index contributed by atoms with van der Waals surface area (Å²) in [6.45, 7) is 3.18. The van der Waals surface area contributed by atoms with Crippen molar-refractivity contribution in [2.45, 2.75) is 38.6 Å². The lowest BCUT2D eigenvalue weighted by Gasteiger charge is -2.24. The highest BCUT2D eigenvalue weighted by Crippen LogP contribution is 2.31. The van der Waals surface area contributed by atoms with Crippen molar-refractivity contribution in [1.82, 2.24) is 0 Å². The molecule has 100 valence electrons. The summed E-state index contributed by atoms with van der Waals surface area (Å²) in [5.74, 6) is 0.870. The Bertz CT molecular complexity index is 397. The second kappa shape index (κ2) is 6.07. The van der Waals surface area contributed by atoms with Crippen LogP contribution >= 0.6 is 15.9 Å². The van der Waals surface area contributed by atoms with Crippen LogP contribution in [0, 0.1) is 5.92 Å². The van der Waals surface area contributed by atoms with Crippen molar-refractivity contribution in [3.05, 3.63) is 28.2 Å². The first-order chi connectivity index (χ1) is 8.58. The minimum Gasteiger partial charge on any atom is -0.373 e. The number of rotatable bonds is 4. The van der Waals surface area contributed by atoms with Gasteiger partial charge in [0.2, 0.25) is 0 Å². The van der Waals surface area contributed by atoms with Crippen molar-refractivity contribution >= 4 is 21.6 Å². The first kappa shape index (κ1) is 13.9. The molecule has 1 aromatic carbocycles. The summed E-state index contributed by atoms with van der Waals surface area (Å²) < 4.78 is 1.15. The van der Waals surface area contributed by atoms with Gasteiger partial charge in [0.05, 0.1) is 5.69 Å². The third-order valence-corrected chi connectivity index (χ3v) is 4.55. The van der Waals surface area contributed by atoms with E-state index in [0.717, 1.165) is 16.9 Å². The molecule has 0 saturated heterocycles. The number of nitrogens with zero attached hydrogens (tertiary/aromatic N) is 1. The molecule has 1 saturated carbocycles. The number of anilines is 1. The van der Waals surface area contributed by atoms with Crippen molar-refractivity contribution in [2.24, 2.45) is 11.7 Å². The molecule has 0 spiro atoms. The molecule has 3 heteroatoms. The molecule has 1 atom stereocenters. The van der Waals surface area contributed by atoms with Crippen LogP contribution in [0.5, 0.6) is 0 Å². The summed E-state index contributed by atoms with van der Waals surface area (Å²) in [5.41, 5.74) is 8.36. The van der Waals surface area contributed by atoms with Crippen molar-refractivity contribution < 1.29 is 0 Å². The molecule has 18 heavy (non-hydrogen) atoms. The zero-order valence-electron chi connectivity index (χ0n) is 11.3. The Morgan fingerprint density at radius 3 is 2.61 bits per heavy atom. The van der Waals surface area contributed by atoms with E-state index in [4.69, 9.17) is 5.73 Å². The maximum Gasteiger partial charge on any atom is 0.0508 e. The highest BCUT2D eigenvalue weighted by atomic mass is 79.9. The van der Waals surface area contributed by atoms with Crippen LogP contribution in [0.4, 0.5) is 5.69 Å². The fourth-order valence-corrected chi connectivity index (χ4v) is 3.49. The summed E-state index contributed by atoms with van der Waals surface area (Å²) in [6, 6.07) is 6.55. The molecule has 0 bridgehead atoms. The summed E-state index contributed by atoms with van der Waals surface area (Å²) >= 11 is 3.67. The molecule has 0 amide bonds. The van der Waals surface area contributed by atoms with Crippen LogP contribution in [-0.4, -0.2) is 13.6 Å². The first-order valence-corrected chi connectivity index (χ1v) is 7.63. The number of benzene rings is 1. The molecule has 0 aromatic heterocycles. The van der Waals surface area contributed by atoms with Crippen LogP contribution < -0.4 is 10.6 Å². The maximum absolute atomic E-state index is 5.91. The Kier molecular flexibility index (Phi) is 4.68. The second-order valence-corrected chi connectivity index (χ2v) is 6.38. The normalized spacial score (nSPS) is 18.0. The van der Waals surface area contributed by atoms with Gasteiger partial charge in [-0.25, -0.2) is 0 Å². The fourth-order valence-electron chi connectivity index (χ4n) is 2.79. The average Bonchev–Trinajstić information content (AvgIpc) is 2.81. The molecule has 1 aromatic rings. The molecule has 1 fully saturated rings. The zero-order chi connectivity index (χ0) is 13.1. The van der Waals surface area contributed by atoms with Gasteiger partial charge in [-0.3, -0.25) is 0 Å². The highest BCUT2D eigenvalue weighted by molar-refractivity contribution is 9.10. The van der Waals surface area contributed by atoms with Gasteiger partial charge in [0.15, 0.2) is 0 Å². The number of nitrogens with two attached hydrogens (primary N) is 1. The van der Waals surface area contributed by atoms with Crippen LogP contribution in [0.15, 0.2) is 22.7 Å². The van der Waals surface area contributed by atoms with E-state index < -0.39 is 0 Å². The predicted octanol–water partition coefficient (Wildman–Crippen LogP) is 4.10. The summed E-state index contributed by atoms with van der Waals surface area (Å²) in [4.78, 5) is 2.37. The quantitative estimate of drug-likeness (QED) is 0.907. The summed E-state index contributed by atoms with van der Waals surface area (Å²) in [7, 11) is 2.18. The largest absolute Gasteiger partial charge is 0.373 e. The van der Waals surface area contributed by atoms with Gasteiger partial charge in [-0.05, 0) is 59.3 Å². The first-order valence-electron chi connectivity index (χ1n) is 6.84. The monoisotopic (exact) mass is 310 g/mol. The molecular formula is C15H23BrN2. The summed E-state index contributed by atoms with van der Waals surface area (Å²) in [6.07, 6.45) is 5.59. The second-order valence-electron chi connectivity index (χ2n) is 5.53. The number of hydrogen-bond acceptors (Lipinski definition) is 2. The van der Waals surface area contributed by atoms with Crippen molar-refractivity contribution in [3.8, 4) is 0 Å². The molecular weight excluding hydrogens is 288 g/mol. The van der Waals surface area contributed by atoms with E-state index in [1.54, 1.807) is 0 Å². The third-order valence-electron chi connectivity index (χ3n) is 3.92. The van der Waals surface area contributed by atoms with Gasteiger partial charge < -0.3 is 10.6 Å². The molecule has 2 nitrogen and oxygen atoms in total. The van der Waals surface area contributed by atoms with Crippen molar-refractivity contribution in [1.29, 1.82) is 0 Å². The van der Waals surface area contributed by atoms with Crippen LogP contribution in [0.2, 0.25) is 0 Å². The smallest absolute Gasteiger partial charge is 0.0508 e. The van der Waals surface area contributed by atoms with Gasteiger partial charge >= 0.3 is 0 Å². The molecule has 0 heterocycles. The Labute approximate surface area is 119 Å². The van der Waals surface area contributed by atoms with E-state index in [-0.39, 0.29) is 6.04 Å². The summed E-state index contributed by atoms with van der Waals surface area (Å²) in [5, 5.41) is 0. The lowest BCUT2D eigenvalue weighted by molar-refractivity contribution is 0.547. The highest BCUT2D eigenvalue weighted by Gasteiger charge is 2.18. The topological polar surface area (TPSA) is 29.3 Å². The Morgan fingerprint density at radius 2 is 2.06 bits per heavy atom. The van der Waals surface area contributed by atoms with Crippen molar-refractivity contribution in [3.63, 3.8) is 0 Å². The van der Waals surface area contributed by atoms with Crippen LogP contribution in [-0.2, 0) is 0 Å². The maximum atomic E-state index is 5.91.